The Labute approximate surface area is 132 Å². The van der Waals surface area contributed by atoms with Crippen LogP contribution < -0.4 is 5.32 Å². The van der Waals surface area contributed by atoms with E-state index < -0.39 is 5.54 Å². The first-order chi connectivity index (χ1) is 9.92. The van der Waals surface area contributed by atoms with Gasteiger partial charge < -0.3 is 10.1 Å². The first-order valence-electron chi connectivity index (χ1n) is 7.49. The summed E-state index contributed by atoms with van der Waals surface area (Å²) in [5.74, 6) is 0.838. The van der Waals surface area contributed by atoms with Crippen molar-refractivity contribution in [3.05, 3.63) is 29.3 Å². The summed E-state index contributed by atoms with van der Waals surface area (Å²) in [5.41, 5.74) is 2.03. The highest BCUT2D eigenvalue weighted by Crippen LogP contribution is 2.25. The summed E-state index contributed by atoms with van der Waals surface area (Å²) in [6.45, 7) is 8.43. The highest BCUT2D eigenvalue weighted by atomic mass is 32.2. The van der Waals surface area contributed by atoms with Gasteiger partial charge in [-0.1, -0.05) is 17.7 Å². The minimum absolute atomic E-state index is 0.163. The Hall–Kier alpha value is -1.00. The summed E-state index contributed by atoms with van der Waals surface area (Å²) in [6, 6.07) is 6.53. The third-order valence-electron chi connectivity index (χ3n) is 3.69. The molecule has 1 atom stereocenters. The van der Waals surface area contributed by atoms with Crippen LogP contribution in [-0.2, 0) is 9.53 Å². The lowest BCUT2D eigenvalue weighted by atomic mass is 9.97. The Kier molecular flexibility index (Phi) is 7.26. The van der Waals surface area contributed by atoms with E-state index in [1.807, 2.05) is 32.7 Å². The molecule has 4 heteroatoms. The van der Waals surface area contributed by atoms with E-state index in [0.717, 1.165) is 18.6 Å². The largest absolute Gasteiger partial charge is 0.465 e. The molecule has 0 bridgehead atoms. The molecule has 1 aromatic rings. The first kappa shape index (κ1) is 18.1. The van der Waals surface area contributed by atoms with Crippen LogP contribution in [0.5, 0.6) is 0 Å². The van der Waals surface area contributed by atoms with Crippen LogP contribution in [0.25, 0.3) is 0 Å². The molecule has 0 aliphatic rings. The first-order valence-corrected chi connectivity index (χ1v) is 8.47. The highest BCUT2D eigenvalue weighted by molar-refractivity contribution is 7.99. The maximum atomic E-state index is 12.0. The fourth-order valence-corrected chi connectivity index (χ4v) is 3.15. The van der Waals surface area contributed by atoms with Gasteiger partial charge in [0.1, 0.15) is 5.54 Å². The summed E-state index contributed by atoms with van der Waals surface area (Å²) in [7, 11) is 1.81. The topological polar surface area (TPSA) is 38.3 Å². The van der Waals surface area contributed by atoms with Crippen molar-refractivity contribution in [2.45, 2.75) is 51.0 Å². The Bertz CT molecular complexity index is 476. The number of esters is 1. The molecule has 0 heterocycles. The van der Waals surface area contributed by atoms with E-state index in [-0.39, 0.29) is 5.97 Å². The van der Waals surface area contributed by atoms with Gasteiger partial charge in [-0.3, -0.25) is 4.79 Å². The fraction of sp³-hybridized carbons (Fsp3) is 0.588. The fourth-order valence-electron chi connectivity index (χ4n) is 2.19. The Morgan fingerprint density at radius 1 is 1.38 bits per heavy atom. The van der Waals surface area contributed by atoms with Crippen molar-refractivity contribution >= 4 is 17.7 Å². The lowest BCUT2D eigenvalue weighted by Gasteiger charge is -2.26. The van der Waals surface area contributed by atoms with Crippen molar-refractivity contribution in [2.24, 2.45) is 0 Å². The van der Waals surface area contributed by atoms with Crippen molar-refractivity contribution in [3.8, 4) is 0 Å². The molecule has 0 radical (unpaired) electrons. The van der Waals surface area contributed by atoms with Crippen LogP contribution in [0.4, 0.5) is 0 Å². The Morgan fingerprint density at radius 3 is 2.67 bits per heavy atom. The maximum Gasteiger partial charge on any atom is 0.326 e. The molecule has 0 saturated heterocycles. The van der Waals surface area contributed by atoms with E-state index >= 15 is 0 Å². The zero-order valence-corrected chi connectivity index (χ0v) is 14.6. The number of benzene rings is 1. The number of hydrogen-bond acceptors (Lipinski definition) is 4. The molecule has 21 heavy (non-hydrogen) atoms. The van der Waals surface area contributed by atoms with Gasteiger partial charge in [0, 0.05) is 4.90 Å². The number of carbonyl (C=O) groups excluding carboxylic acids is 1. The van der Waals surface area contributed by atoms with Crippen LogP contribution in [0.3, 0.4) is 0 Å². The molecule has 0 spiro atoms. The van der Waals surface area contributed by atoms with Crippen molar-refractivity contribution in [1.29, 1.82) is 0 Å². The van der Waals surface area contributed by atoms with Gasteiger partial charge in [0.05, 0.1) is 6.61 Å². The van der Waals surface area contributed by atoms with Gasteiger partial charge in [-0.15, -0.1) is 11.8 Å². The van der Waals surface area contributed by atoms with Crippen LogP contribution in [0, 0.1) is 13.8 Å². The number of likely N-dealkylation sites (N-methyl/N-ethyl adjacent to an activating group) is 1. The third kappa shape index (κ3) is 5.36. The van der Waals surface area contributed by atoms with Crippen LogP contribution in [0.15, 0.2) is 23.1 Å². The molecule has 0 saturated carbocycles. The highest BCUT2D eigenvalue weighted by Gasteiger charge is 2.32. The Morgan fingerprint density at radius 2 is 2.10 bits per heavy atom. The summed E-state index contributed by atoms with van der Waals surface area (Å²) in [6.07, 6.45) is 1.74. The molecule has 0 aliphatic carbocycles. The van der Waals surface area contributed by atoms with E-state index in [2.05, 4.69) is 37.4 Å². The van der Waals surface area contributed by atoms with Gasteiger partial charge in [0.2, 0.25) is 0 Å². The summed E-state index contributed by atoms with van der Waals surface area (Å²) < 4.78 is 5.14. The minimum atomic E-state index is -0.584. The van der Waals surface area contributed by atoms with Crippen LogP contribution in [-0.4, -0.2) is 30.9 Å². The summed E-state index contributed by atoms with van der Waals surface area (Å²) >= 11 is 1.85. The molecular weight excluding hydrogens is 282 g/mol. The van der Waals surface area contributed by atoms with Gasteiger partial charge in [0.25, 0.3) is 0 Å². The number of rotatable bonds is 8. The number of thioether (sulfide) groups is 1. The van der Waals surface area contributed by atoms with Gasteiger partial charge in [-0.25, -0.2) is 0 Å². The SMILES string of the molecule is CCOC(=O)C(C)(CCCSc1ccc(C)cc1C)NC. The van der Waals surface area contributed by atoms with Gasteiger partial charge in [0.15, 0.2) is 0 Å². The van der Waals surface area contributed by atoms with E-state index in [1.165, 1.54) is 16.0 Å². The standard InChI is InChI=1S/C17H27NO2S/c1-6-20-16(19)17(4,18-5)10-7-11-21-15-9-8-13(2)12-14(15)3/h8-9,12,18H,6-7,10-11H2,1-5H3. The van der Waals surface area contributed by atoms with Crippen molar-refractivity contribution in [3.63, 3.8) is 0 Å². The molecule has 1 unspecified atom stereocenters. The minimum Gasteiger partial charge on any atom is -0.465 e. The van der Waals surface area contributed by atoms with Crippen LogP contribution >= 0.6 is 11.8 Å². The van der Waals surface area contributed by atoms with E-state index in [4.69, 9.17) is 4.74 Å². The predicted molar refractivity (Wildman–Crippen MR) is 90.0 cm³/mol. The molecular formula is C17H27NO2S. The molecule has 1 rings (SSSR count). The number of carbonyl (C=O) groups is 1. The summed E-state index contributed by atoms with van der Waals surface area (Å²) in [4.78, 5) is 13.3. The molecule has 0 amide bonds. The number of hydrogen-bond donors (Lipinski definition) is 1. The van der Waals surface area contributed by atoms with E-state index in [0.29, 0.717) is 6.61 Å². The predicted octanol–water partition coefficient (Wildman–Crippen LogP) is 3.72. The van der Waals surface area contributed by atoms with Gasteiger partial charge in [-0.05, 0) is 65.0 Å². The second-order valence-corrected chi connectivity index (χ2v) is 6.66. The van der Waals surface area contributed by atoms with Crippen molar-refractivity contribution < 1.29 is 9.53 Å². The number of aryl methyl sites for hydroxylation is 2. The zero-order chi connectivity index (χ0) is 15.9. The lowest BCUT2D eigenvalue weighted by molar-refractivity contribution is -0.150. The molecule has 118 valence electrons. The average molecular weight is 309 g/mol. The van der Waals surface area contributed by atoms with Crippen molar-refractivity contribution in [1.82, 2.24) is 5.32 Å². The molecule has 1 aromatic carbocycles. The van der Waals surface area contributed by atoms with Gasteiger partial charge >= 0.3 is 5.97 Å². The molecule has 3 nitrogen and oxygen atoms in total. The molecule has 0 fully saturated rings. The Balaban J connectivity index is 2.46. The molecule has 0 aromatic heterocycles. The molecule has 1 N–H and O–H groups in total. The second kappa shape index (κ2) is 8.44. The second-order valence-electron chi connectivity index (χ2n) is 5.52. The average Bonchev–Trinajstić information content (AvgIpc) is 2.45. The number of ether oxygens (including phenoxy) is 1. The summed E-state index contributed by atoms with van der Waals surface area (Å²) in [5, 5.41) is 3.10. The maximum absolute atomic E-state index is 12.0. The smallest absolute Gasteiger partial charge is 0.326 e. The monoisotopic (exact) mass is 309 g/mol. The lowest BCUT2D eigenvalue weighted by Crippen LogP contribution is -2.48. The molecule has 0 aliphatic heterocycles. The van der Waals surface area contributed by atoms with Crippen LogP contribution in [0.2, 0.25) is 0 Å². The zero-order valence-electron chi connectivity index (χ0n) is 13.8. The van der Waals surface area contributed by atoms with Crippen molar-refractivity contribution in [2.75, 3.05) is 19.4 Å². The number of nitrogens with one attached hydrogen (secondary N) is 1. The quantitative estimate of drug-likeness (QED) is 0.451. The normalized spacial score (nSPS) is 13.8. The van der Waals surface area contributed by atoms with Gasteiger partial charge in [-0.2, -0.15) is 0 Å². The van der Waals surface area contributed by atoms with Crippen LogP contribution in [0.1, 0.15) is 37.8 Å². The van der Waals surface area contributed by atoms with E-state index in [1.54, 1.807) is 0 Å². The third-order valence-corrected chi connectivity index (χ3v) is 4.95. The van der Waals surface area contributed by atoms with E-state index in [9.17, 15) is 4.79 Å².